The average molecular weight is 196 g/mol. The van der Waals surface area contributed by atoms with E-state index in [0.717, 1.165) is 0 Å². The van der Waals surface area contributed by atoms with Gasteiger partial charge in [-0.05, 0) is 0 Å². The van der Waals surface area contributed by atoms with Crippen LogP contribution in [0.1, 0.15) is 0 Å². The van der Waals surface area contributed by atoms with E-state index >= 15 is 0 Å². The largest absolute Gasteiger partial charge is 0.179 e. The first-order valence-corrected chi connectivity index (χ1v) is 14.1. The third-order valence-corrected chi connectivity index (χ3v) is 27.1. The minimum atomic E-state index is -0.880. The van der Waals surface area contributed by atoms with E-state index in [1.807, 2.05) is 0 Å². The second-order valence-corrected chi connectivity index (χ2v) is 24.5. The van der Waals surface area contributed by atoms with Gasteiger partial charge in [-0.3, -0.25) is 0 Å². The zero-order chi connectivity index (χ0) is 4.99. The Morgan fingerprint density at radius 3 is 1.50 bits per heavy atom. The van der Waals surface area contributed by atoms with Gasteiger partial charge in [0.2, 0.25) is 0 Å². The van der Waals surface area contributed by atoms with Crippen molar-refractivity contribution in [1.29, 1.82) is 0 Å². The van der Waals surface area contributed by atoms with Crippen molar-refractivity contribution in [3.8, 4) is 0 Å². The molecule has 6 heteroatoms. The van der Waals surface area contributed by atoms with Crippen LogP contribution >= 0.6 is 33.2 Å². The Morgan fingerprint density at radius 2 is 1.50 bits per heavy atom. The molecule has 0 fully saturated rings. The van der Waals surface area contributed by atoms with Gasteiger partial charge >= 0.3 is 0 Å². The lowest BCUT2D eigenvalue weighted by Crippen LogP contribution is -2.15. The average Bonchev–Trinajstić information content (AvgIpc) is 1.65. The topological polar surface area (TPSA) is 0 Å². The van der Waals surface area contributed by atoms with Crippen LogP contribution in [0.3, 0.4) is 0 Å². The van der Waals surface area contributed by atoms with Gasteiger partial charge in [-0.1, -0.05) is 0 Å². The van der Waals surface area contributed by atoms with Crippen LogP contribution in [-0.4, -0.2) is 23.8 Å². The molecule has 0 nitrogen and oxygen atoms in total. The van der Waals surface area contributed by atoms with E-state index in [0.29, 0.717) is 0 Å². The zero-order valence-corrected chi connectivity index (χ0v) is 9.38. The SMILES string of the molecule is Cl[SiH2][SiH](Cl)[SiH2]Cl. The van der Waals surface area contributed by atoms with Crippen molar-refractivity contribution in [3.63, 3.8) is 0 Å². The summed E-state index contributed by atoms with van der Waals surface area (Å²) in [6.07, 6.45) is 0. The number of halogens is 3. The molecule has 0 radical (unpaired) electrons. The van der Waals surface area contributed by atoms with E-state index < -0.39 is 7.14 Å². The van der Waals surface area contributed by atoms with Gasteiger partial charge in [-0.25, -0.2) is 0 Å². The first-order chi connectivity index (χ1) is 2.81. The van der Waals surface area contributed by atoms with Crippen molar-refractivity contribution in [2.75, 3.05) is 0 Å². The van der Waals surface area contributed by atoms with Crippen LogP contribution in [0.15, 0.2) is 0 Å². The molecule has 0 saturated carbocycles. The van der Waals surface area contributed by atoms with Gasteiger partial charge in [-0.15, -0.1) is 0 Å². The van der Waals surface area contributed by atoms with Gasteiger partial charge in [0.25, 0.3) is 0 Å². The molecule has 0 unspecified atom stereocenters. The summed E-state index contributed by atoms with van der Waals surface area (Å²) in [4.78, 5) is 0. The van der Waals surface area contributed by atoms with Crippen molar-refractivity contribution < 1.29 is 0 Å². The van der Waals surface area contributed by atoms with E-state index in [9.17, 15) is 0 Å². The molecular weight excluding hydrogens is 191 g/mol. The molecule has 0 aromatic carbocycles. The highest BCUT2D eigenvalue weighted by Gasteiger charge is 2.01. The highest BCUT2D eigenvalue weighted by Crippen LogP contribution is 1.88. The summed E-state index contributed by atoms with van der Waals surface area (Å²) in [6, 6.07) is 0. The lowest BCUT2D eigenvalue weighted by atomic mass is 26.6. The molecule has 0 amide bonds. The van der Waals surface area contributed by atoms with Gasteiger partial charge in [0.05, 0.1) is 0 Å². The summed E-state index contributed by atoms with van der Waals surface area (Å²) in [5, 5.41) is 0. The molecule has 6 heavy (non-hydrogen) atoms. The van der Waals surface area contributed by atoms with Crippen LogP contribution in [0.5, 0.6) is 0 Å². The van der Waals surface area contributed by atoms with Crippen LogP contribution in [0.2, 0.25) is 0 Å². The maximum absolute atomic E-state index is 5.65. The molecule has 0 aliphatic rings. The Morgan fingerprint density at radius 1 is 1.17 bits per heavy atom. The fourth-order valence-electron chi connectivity index (χ4n) is 0.0412. The molecule has 38 valence electrons. The van der Waals surface area contributed by atoms with Gasteiger partial charge in [-0.2, -0.15) is 33.2 Å². The minimum Gasteiger partial charge on any atom is -0.179 e. The van der Waals surface area contributed by atoms with Crippen molar-refractivity contribution in [2.24, 2.45) is 0 Å². The smallest absolute Gasteiger partial charge is 0.146 e. The molecule has 0 saturated heterocycles. The maximum Gasteiger partial charge on any atom is 0.146 e. The lowest BCUT2D eigenvalue weighted by molar-refractivity contribution is 3.84. The van der Waals surface area contributed by atoms with E-state index in [2.05, 4.69) is 0 Å². The number of rotatable bonds is 2. The summed E-state index contributed by atoms with van der Waals surface area (Å²) in [5.41, 5.74) is 0. The lowest BCUT2D eigenvalue weighted by Gasteiger charge is -1.87. The third kappa shape index (κ3) is 3.70. The Balaban J connectivity index is 2.75. The van der Waals surface area contributed by atoms with Crippen molar-refractivity contribution in [3.05, 3.63) is 0 Å². The predicted molar refractivity (Wildman–Crippen MR) is 41.8 cm³/mol. The first kappa shape index (κ1) is 7.52. The summed E-state index contributed by atoms with van der Waals surface area (Å²) in [7, 11) is -1.59. The molecule has 0 N–H and O–H groups in total. The molecule has 0 heterocycles. The minimum absolute atomic E-state index is 0.355. The van der Waals surface area contributed by atoms with Gasteiger partial charge in [0.15, 0.2) is 0 Å². The van der Waals surface area contributed by atoms with Crippen LogP contribution < -0.4 is 0 Å². The van der Waals surface area contributed by atoms with Gasteiger partial charge < -0.3 is 0 Å². The summed E-state index contributed by atoms with van der Waals surface area (Å²) in [5.74, 6) is 0. The quantitative estimate of drug-likeness (QED) is 0.415. The van der Waals surface area contributed by atoms with Crippen LogP contribution in [0.25, 0.3) is 0 Å². The van der Waals surface area contributed by atoms with Crippen molar-refractivity contribution in [1.82, 2.24) is 0 Å². The Bertz CT molecular complexity index is 25.2. The fraction of sp³-hybridized carbons (Fsp3) is 0. The van der Waals surface area contributed by atoms with Gasteiger partial charge in [0, 0.05) is 0 Å². The van der Waals surface area contributed by atoms with E-state index in [-0.39, 0.29) is 16.7 Å². The molecule has 0 bridgehead atoms. The molecule has 0 aromatic heterocycles. The molecule has 0 rings (SSSR count). The Kier molecular flexibility index (Phi) is 5.86. The molecule has 0 spiro atoms. The van der Waals surface area contributed by atoms with E-state index in [1.54, 1.807) is 0 Å². The Labute approximate surface area is 57.1 Å². The first-order valence-electron chi connectivity index (χ1n) is 1.57. The number of hydrogen-bond acceptors (Lipinski definition) is 0. The Hall–Kier alpha value is 1.52. The predicted octanol–water partition coefficient (Wildman–Crippen LogP) is -0.412. The maximum atomic E-state index is 5.65. The van der Waals surface area contributed by atoms with E-state index in [4.69, 9.17) is 33.2 Å². The van der Waals surface area contributed by atoms with Crippen LogP contribution in [-0.2, 0) is 0 Å². The van der Waals surface area contributed by atoms with Crippen LogP contribution in [0.4, 0.5) is 0 Å². The standard InChI is InChI=1S/Cl3H5Si3/c1-4-6(3)5-2/h6H,4-5H2. The normalized spacial score (nSPS) is 18.5. The third-order valence-electron chi connectivity index (χ3n) is 0.335. The molecule has 0 aliphatic carbocycles. The number of hydrogen-bond donors (Lipinski definition) is 0. The van der Waals surface area contributed by atoms with E-state index in [1.165, 1.54) is 0 Å². The molecular formula is H5Cl3Si3. The summed E-state index contributed by atoms with van der Waals surface area (Å²) >= 11 is 16.6. The summed E-state index contributed by atoms with van der Waals surface area (Å²) < 4.78 is 0. The van der Waals surface area contributed by atoms with Crippen molar-refractivity contribution in [2.45, 2.75) is 0 Å². The molecule has 0 aromatic rings. The summed E-state index contributed by atoms with van der Waals surface area (Å²) in [6.45, 7) is 0. The molecule has 0 atom stereocenters. The zero-order valence-electron chi connectivity index (χ0n) is 3.13. The van der Waals surface area contributed by atoms with Gasteiger partial charge in [0.1, 0.15) is 23.8 Å². The second kappa shape index (κ2) is 4.67. The molecule has 0 aliphatic heterocycles. The highest BCUT2D eigenvalue weighted by molar-refractivity contribution is 7.71. The second-order valence-electron chi connectivity index (χ2n) is 0.906. The highest BCUT2D eigenvalue weighted by atomic mass is 35.6. The van der Waals surface area contributed by atoms with Crippen LogP contribution in [0, 0.1) is 0 Å². The monoisotopic (exact) mass is 194 g/mol. The fourth-order valence-corrected chi connectivity index (χ4v) is 10.0. The van der Waals surface area contributed by atoms with Crippen molar-refractivity contribution >= 4 is 57.1 Å².